The molecule has 0 fully saturated rings. The normalized spacial score (nSPS) is 14.6. The van der Waals surface area contributed by atoms with Gasteiger partial charge in [-0.3, -0.25) is 14.9 Å². The number of unbranched alkanes of at least 4 members (excludes halogenated alkanes) is 1. The Morgan fingerprint density at radius 1 is 1.06 bits per heavy atom. The monoisotopic (exact) mass is 243 g/mol. The van der Waals surface area contributed by atoms with Crippen molar-refractivity contribution in [3.63, 3.8) is 0 Å². The second-order valence-electron chi connectivity index (χ2n) is 4.58. The molecule has 0 bridgehead atoms. The average molecular weight is 243 g/mol. The highest BCUT2D eigenvalue weighted by molar-refractivity contribution is 6.16. The van der Waals surface area contributed by atoms with Gasteiger partial charge in [0.2, 0.25) is 0 Å². The molecule has 1 aromatic carbocycles. The summed E-state index contributed by atoms with van der Waals surface area (Å²) in [4.78, 5) is 22.4. The Balaban J connectivity index is 2.00. The molecule has 94 valence electrons. The van der Waals surface area contributed by atoms with Gasteiger partial charge >= 0.3 is 0 Å². The lowest BCUT2D eigenvalue weighted by Crippen LogP contribution is -2.22. The van der Waals surface area contributed by atoms with Crippen LogP contribution in [0.25, 0.3) is 0 Å². The molecule has 0 spiro atoms. The number of carbonyl (C=O) groups is 2. The summed E-state index contributed by atoms with van der Waals surface area (Å²) < 4.78 is 0. The van der Waals surface area contributed by atoms with Crippen LogP contribution >= 0.6 is 0 Å². The van der Waals surface area contributed by atoms with Crippen molar-refractivity contribution >= 4 is 11.8 Å². The maximum absolute atomic E-state index is 11.4. The van der Waals surface area contributed by atoms with Gasteiger partial charge in [0, 0.05) is 18.1 Å². The van der Waals surface area contributed by atoms with Crippen LogP contribution in [0.1, 0.15) is 30.9 Å². The summed E-state index contributed by atoms with van der Waals surface area (Å²) in [6.07, 6.45) is 5.38. The van der Waals surface area contributed by atoms with Crippen LogP contribution in [0.3, 0.4) is 0 Å². The van der Waals surface area contributed by atoms with Crippen molar-refractivity contribution in [2.24, 2.45) is 0 Å². The molecule has 0 radical (unpaired) electrons. The van der Waals surface area contributed by atoms with E-state index >= 15 is 0 Å². The lowest BCUT2D eigenvalue weighted by Gasteiger charge is -2.03. The zero-order chi connectivity index (χ0) is 13.0. The summed E-state index contributed by atoms with van der Waals surface area (Å²) in [6, 6.07) is 8.25. The van der Waals surface area contributed by atoms with Gasteiger partial charge in [0.1, 0.15) is 0 Å². The molecular formula is C15H17NO2. The molecule has 1 aromatic rings. The fraction of sp³-hybridized carbons (Fsp3) is 0.333. The van der Waals surface area contributed by atoms with E-state index in [4.69, 9.17) is 0 Å². The highest BCUT2D eigenvalue weighted by Crippen LogP contribution is 2.14. The lowest BCUT2D eigenvalue weighted by molar-refractivity contribution is -0.123. The lowest BCUT2D eigenvalue weighted by atomic mass is 10.0. The molecule has 1 aliphatic heterocycles. The predicted octanol–water partition coefficient (Wildman–Crippen LogP) is 2.15. The van der Waals surface area contributed by atoms with Crippen LogP contribution in [-0.2, 0) is 22.4 Å². The standard InChI is InChI=1S/C15H17NO2/c1-2-3-4-11-5-7-12(8-6-11)9-13-10-14(17)16-15(13)18/h5-8,10H,2-4,9H2,1H3,(H,16,17,18). The number of imide groups is 1. The molecule has 2 rings (SSSR count). The van der Waals surface area contributed by atoms with Gasteiger partial charge in [-0.15, -0.1) is 0 Å². The van der Waals surface area contributed by atoms with Gasteiger partial charge in [-0.1, -0.05) is 37.6 Å². The zero-order valence-electron chi connectivity index (χ0n) is 10.5. The first kappa shape index (κ1) is 12.6. The summed E-state index contributed by atoms with van der Waals surface area (Å²) in [7, 11) is 0. The first-order valence-electron chi connectivity index (χ1n) is 6.32. The van der Waals surface area contributed by atoms with Gasteiger partial charge in [-0.25, -0.2) is 0 Å². The molecule has 18 heavy (non-hydrogen) atoms. The van der Waals surface area contributed by atoms with Gasteiger partial charge in [-0.2, -0.15) is 0 Å². The van der Waals surface area contributed by atoms with E-state index in [-0.39, 0.29) is 11.8 Å². The van der Waals surface area contributed by atoms with E-state index in [1.807, 2.05) is 12.1 Å². The SMILES string of the molecule is CCCCc1ccc(CC2=CC(=O)NC2=O)cc1. The van der Waals surface area contributed by atoms with E-state index in [9.17, 15) is 9.59 Å². The second-order valence-corrected chi connectivity index (χ2v) is 4.58. The van der Waals surface area contributed by atoms with E-state index < -0.39 is 0 Å². The quantitative estimate of drug-likeness (QED) is 0.805. The number of carbonyl (C=O) groups excluding carboxylic acids is 2. The maximum atomic E-state index is 11.4. The van der Waals surface area contributed by atoms with E-state index in [1.54, 1.807) is 0 Å². The van der Waals surface area contributed by atoms with Crippen LogP contribution in [0.2, 0.25) is 0 Å². The van der Waals surface area contributed by atoms with E-state index in [0.29, 0.717) is 12.0 Å². The summed E-state index contributed by atoms with van der Waals surface area (Å²) in [5.74, 6) is -0.579. The smallest absolute Gasteiger partial charge is 0.254 e. The number of hydrogen-bond acceptors (Lipinski definition) is 2. The summed E-state index contributed by atoms with van der Waals surface area (Å²) in [6.45, 7) is 2.18. The Morgan fingerprint density at radius 3 is 2.28 bits per heavy atom. The van der Waals surface area contributed by atoms with Gasteiger partial charge < -0.3 is 0 Å². The van der Waals surface area contributed by atoms with Crippen LogP contribution in [0.15, 0.2) is 35.9 Å². The Kier molecular flexibility index (Phi) is 3.92. The maximum Gasteiger partial charge on any atom is 0.254 e. The molecule has 3 nitrogen and oxygen atoms in total. The molecule has 0 saturated heterocycles. The number of aryl methyl sites for hydroxylation is 1. The second kappa shape index (κ2) is 5.63. The first-order chi connectivity index (χ1) is 8.69. The third kappa shape index (κ3) is 3.06. The van der Waals surface area contributed by atoms with Gasteiger partial charge in [-0.05, 0) is 24.0 Å². The number of benzene rings is 1. The van der Waals surface area contributed by atoms with E-state index in [1.165, 1.54) is 24.5 Å². The Hall–Kier alpha value is -1.90. The molecule has 0 aliphatic carbocycles. The minimum atomic E-state index is -0.311. The summed E-state index contributed by atoms with van der Waals surface area (Å²) in [5, 5.41) is 2.26. The van der Waals surface area contributed by atoms with Gasteiger partial charge in [0.05, 0.1) is 0 Å². The minimum absolute atomic E-state index is 0.268. The first-order valence-corrected chi connectivity index (χ1v) is 6.32. The van der Waals surface area contributed by atoms with Crippen molar-refractivity contribution in [1.29, 1.82) is 0 Å². The predicted molar refractivity (Wildman–Crippen MR) is 70.0 cm³/mol. The van der Waals surface area contributed by atoms with Crippen LogP contribution in [0, 0.1) is 0 Å². The Bertz CT molecular complexity index is 486. The average Bonchev–Trinajstić information content (AvgIpc) is 2.67. The number of nitrogens with one attached hydrogen (secondary N) is 1. The van der Waals surface area contributed by atoms with Crippen LogP contribution in [0.5, 0.6) is 0 Å². The van der Waals surface area contributed by atoms with Crippen molar-refractivity contribution in [3.8, 4) is 0 Å². The molecule has 0 atom stereocenters. The molecule has 0 unspecified atom stereocenters. The highest BCUT2D eigenvalue weighted by atomic mass is 16.2. The van der Waals surface area contributed by atoms with E-state index in [2.05, 4.69) is 24.4 Å². The summed E-state index contributed by atoms with van der Waals surface area (Å²) in [5.41, 5.74) is 2.93. The largest absolute Gasteiger partial charge is 0.289 e. The number of hydrogen-bond donors (Lipinski definition) is 1. The van der Waals surface area contributed by atoms with Crippen LogP contribution in [0.4, 0.5) is 0 Å². The Morgan fingerprint density at radius 2 is 1.72 bits per heavy atom. The summed E-state index contributed by atoms with van der Waals surface area (Å²) >= 11 is 0. The van der Waals surface area contributed by atoms with Gasteiger partial charge in [0.15, 0.2) is 0 Å². The molecule has 1 aliphatic rings. The van der Waals surface area contributed by atoms with Crippen molar-refractivity contribution < 1.29 is 9.59 Å². The zero-order valence-corrected chi connectivity index (χ0v) is 10.5. The molecule has 2 amide bonds. The van der Waals surface area contributed by atoms with Crippen LogP contribution in [-0.4, -0.2) is 11.8 Å². The fourth-order valence-corrected chi connectivity index (χ4v) is 2.01. The Labute approximate surface area is 107 Å². The third-order valence-corrected chi connectivity index (χ3v) is 3.07. The van der Waals surface area contributed by atoms with Crippen molar-refractivity contribution in [2.75, 3.05) is 0 Å². The highest BCUT2D eigenvalue weighted by Gasteiger charge is 2.20. The van der Waals surface area contributed by atoms with Crippen molar-refractivity contribution in [3.05, 3.63) is 47.0 Å². The molecular weight excluding hydrogens is 226 g/mol. The number of amides is 2. The van der Waals surface area contributed by atoms with Crippen molar-refractivity contribution in [2.45, 2.75) is 32.6 Å². The number of rotatable bonds is 5. The van der Waals surface area contributed by atoms with Gasteiger partial charge in [0.25, 0.3) is 11.8 Å². The molecule has 3 heteroatoms. The molecule has 0 saturated carbocycles. The van der Waals surface area contributed by atoms with Crippen LogP contribution < -0.4 is 5.32 Å². The fourth-order valence-electron chi connectivity index (χ4n) is 2.01. The minimum Gasteiger partial charge on any atom is -0.289 e. The van der Waals surface area contributed by atoms with E-state index in [0.717, 1.165) is 12.0 Å². The third-order valence-electron chi connectivity index (χ3n) is 3.07. The molecule has 1 N–H and O–H groups in total. The van der Waals surface area contributed by atoms with Crippen molar-refractivity contribution in [1.82, 2.24) is 5.32 Å². The molecule has 0 aromatic heterocycles. The molecule has 1 heterocycles. The topological polar surface area (TPSA) is 46.2 Å².